The summed E-state index contributed by atoms with van der Waals surface area (Å²) < 4.78 is 19.1. The smallest absolute Gasteiger partial charge is 0.322 e. The number of urea groups is 1. The van der Waals surface area contributed by atoms with Gasteiger partial charge < -0.3 is 19.9 Å². The molecule has 0 atom stereocenters. The van der Waals surface area contributed by atoms with Crippen molar-refractivity contribution in [1.29, 1.82) is 0 Å². The highest BCUT2D eigenvalue weighted by molar-refractivity contribution is 5.94. The van der Waals surface area contributed by atoms with Gasteiger partial charge in [0.1, 0.15) is 11.6 Å². The minimum atomic E-state index is -0.378. The topological polar surface area (TPSA) is 61.9 Å². The Bertz CT molecular complexity index is 1120. The second-order valence-corrected chi connectivity index (χ2v) is 7.98. The highest BCUT2D eigenvalue weighted by Crippen LogP contribution is 2.29. The first-order valence-electron chi connectivity index (χ1n) is 10.9. The molecule has 0 spiro atoms. The number of nitrogens with zero attached hydrogens (tertiary/aromatic N) is 2. The molecule has 33 heavy (non-hydrogen) atoms. The summed E-state index contributed by atoms with van der Waals surface area (Å²) in [6.07, 6.45) is 0.655. The molecule has 170 valence electrons. The first kappa shape index (κ1) is 22.3. The van der Waals surface area contributed by atoms with Crippen molar-refractivity contribution in [2.24, 2.45) is 0 Å². The van der Waals surface area contributed by atoms with Crippen molar-refractivity contribution in [3.05, 3.63) is 89.7 Å². The van der Waals surface area contributed by atoms with E-state index in [2.05, 4.69) is 5.32 Å². The normalized spacial score (nSPS) is 13.9. The maximum atomic E-state index is 13.2. The van der Waals surface area contributed by atoms with Crippen LogP contribution in [0.4, 0.5) is 14.9 Å². The van der Waals surface area contributed by atoms with Gasteiger partial charge in [0.25, 0.3) is 5.91 Å². The van der Waals surface area contributed by atoms with Gasteiger partial charge in [-0.3, -0.25) is 4.79 Å². The molecule has 7 heteroatoms. The number of aryl methyl sites for hydroxylation is 1. The molecule has 6 nitrogen and oxygen atoms in total. The second kappa shape index (κ2) is 10.2. The number of carbonyl (C=O) groups is 2. The number of para-hydroxylation sites is 2. The van der Waals surface area contributed by atoms with E-state index in [1.54, 1.807) is 21.9 Å². The van der Waals surface area contributed by atoms with E-state index in [-0.39, 0.29) is 17.8 Å². The standard InChI is InChI=1S/C26H26FN3O3/c1-19-7-13-22(14-8-19)33-24-6-3-2-5-23(24)28-26(32)30-16-4-15-29(17-18-30)25(31)20-9-11-21(27)12-10-20/h2-3,5-14H,4,15-18H2,1H3,(H,28,32). The Hall–Kier alpha value is -3.87. The lowest BCUT2D eigenvalue weighted by Crippen LogP contribution is -2.39. The summed E-state index contributed by atoms with van der Waals surface area (Å²) in [5.41, 5.74) is 2.15. The summed E-state index contributed by atoms with van der Waals surface area (Å²) in [4.78, 5) is 29.1. The lowest BCUT2D eigenvalue weighted by atomic mass is 10.2. The van der Waals surface area contributed by atoms with Gasteiger partial charge >= 0.3 is 6.03 Å². The van der Waals surface area contributed by atoms with Crippen molar-refractivity contribution in [2.45, 2.75) is 13.3 Å². The Balaban J connectivity index is 1.39. The fourth-order valence-corrected chi connectivity index (χ4v) is 3.69. The van der Waals surface area contributed by atoms with E-state index >= 15 is 0 Å². The van der Waals surface area contributed by atoms with E-state index < -0.39 is 0 Å². The number of amides is 3. The molecule has 0 aromatic heterocycles. The van der Waals surface area contributed by atoms with Crippen LogP contribution >= 0.6 is 0 Å². The molecule has 1 N–H and O–H groups in total. The van der Waals surface area contributed by atoms with E-state index in [1.807, 2.05) is 43.3 Å². The number of ether oxygens (including phenoxy) is 1. The lowest BCUT2D eigenvalue weighted by Gasteiger charge is -2.23. The average Bonchev–Trinajstić information content (AvgIpc) is 3.08. The number of hydrogen-bond acceptors (Lipinski definition) is 3. The number of carbonyl (C=O) groups excluding carboxylic acids is 2. The maximum absolute atomic E-state index is 13.2. The molecule has 0 radical (unpaired) electrons. The molecule has 1 aliphatic heterocycles. The van der Waals surface area contributed by atoms with E-state index in [0.29, 0.717) is 55.3 Å². The van der Waals surface area contributed by atoms with Crippen LogP contribution in [0.15, 0.2) is 72.8 Å². The maximum Gasteiger partial charge on any atom is 0.322 e. The Morgan fingerprint density at radius 2 is 1.52 bits per heavy atom. The zero-order valence-corrected chi connectivity index (χ0v) is 18.5. The van der Waals surface area contributed by atoms with Crippen LogP contribution in [0.5, 0.6) is 11.5 Å². The summed E-state index contributed by atoms with van der Waals surface area (Å²) in [6, 6.07) is 20.3. The highest BCUT2D eigenvalue weighted by atomic mass is 19.1. The zero-order chi connectivity index (χ0) is 23.2. The van der Waals surface area contributed by atoms with Gasteiger partial charge in [-0.2, -0.15) is 0 Å². The van der Waals surface area contributed by atoms with Gasteiger partial charge in [0, 0.05) is 31.7 Å². The SMILES string of the molecule is Cc1ccc(Oc2ccccc2NC(=O)N2CCCN(C(=O)c3ccc(F)cc3)CC2)cc1. The monoisotopic (exact) mass is 447 g/mol. The third-order valence-corrected chi connectivity index (χ3v) is 5.54. The number of anilines is 1. The van der Waals surface area contributed by atoms with Crippen LogP contribution in [-0.4, -0.2) is 47.9 Å². The van der Waals surface area contributed by atoms with Gasteiger partial charge in [0.15, 0.2) is 5.75 Å². The molecule has 1 aliphatic rings. The Labute approximate surface area is 192 Å². The number of benzene rings is 3. The van der Waals surface area contributed by atoms with Crippen molar-refractivity contribution < 1.29 is 18.7 Å². The third-order valence-electron chi connectivity index (χ3n) is 5.54. The molecule has 1 fully saturated rings. The first-order valence-corrected chi connectivity index (χ1v) is 10.9. The molecule has 1 saturated heterocycles. The second-order valence-electron chi connectivity index (χ2n) is 7.98. The fourth-order valence-electron chi connectivity index (χ4n) is 3.69. The van der Waals surface area contributed by atoms with Crippen molar-refractivity contribution in [1.82, 2.24) is 9.80 Å². The predicted octanol–water partition coefficient (Wildman–Crippen LogP) is 5.31. The first-order chi connectivity index (χ1) is 16.0. The van der Waals surface area contributed by atoms with Crippen molar-refractivity contribution in [3.8, 4) is 11.5 Å². The fraction of sp³-hybridized carbons (Fsp3) is 0.231. The third kappa shape index (κ3) is 5.68. The van der Waals surface area contributed by atoms with Crippen LogP contribution in [0.25, 0.3) is 0 Å². The minimum Gasteiger partial charge on any atom is -0.455 e. The largest absolute Gasteiger partial charge is 0.455 e. The summed E-state index contributed by atoms with van der Waals surface area (Å²) in [5.74, 6) is 0.704. The van der Waals surface area contributed by atoms with Crippen molar-refractivity contribution >= 4 is 17.6 Å². The van der Waals surface area contributed by atoms with Crippen LogP contribution in [0.1, 0.15) is 22.3 Å². The molecule has 0 unspecified atom stereocenters. The van der Waals surface area contributed by atoms with E-state index in [1.165, 1.54) is 24.3 Å². The van der Waals surface area contributed by atoms with Crippen LogP contribution in [0.3, 0.4) is 0 Å². The molecular weight excluding hydrogens is 421 g/mol. The van der Waals surface area contributed by atoms with E-state index in [9.17, 15) is 14.0 Å². The summed E-state index contributed by atoms with van der Waals surface area (Å²) >= 11 is 0. The predicted molar refractivity (Wildman–Crippen MR) is 125 cm³/mol. The Morgan fingerprint density at radius 1 is 0.848 bits per heavy atom. The Kier molecular flexibility index (Phi) is 6.88. The summed E-state index contributed by atoms with van der Waals surface area (Å²) in [5, 5.41) is 2.94. The van der Waals surface area contributed by atoms with Gasteiger partial charge in [0.2, 0.25) is 0 Å². The molecule has 0 bridgehead atoms. The zero-order valence-electron chi connectivity index (χ0n) is 18.5. The number of halogens is 1. The van der Waals surface area contributed by atoms with E-state index in [0.717, 1.165) is 5.56 Å². The van der Waals surface area contributed by atoms with Crippen LogP contribution in [0, 0.1) is 12.7 Å². The van der Waals surface area contributed by atoms with Crippen LogP contribution in [0.2, 0.25) is 0 Å². The molecule has 1 heterocycles. The number of rotatable bonds is 4. The molecule has 0 saturated carbocycles. The lowest BCUT2D eigenvalue weighted by molar-refractivity contribution is 0.0762. The molecule has 4 rings (SSSR count). The molecule has 3 aromatic rings. The number of nitrogens with one attached hydrogen (secondary N) is 1. The van der Waals surface area contributed by atoms with Crippen molar-refractivity contribution in [3.63, 3.8) is 0 Å². The van der Waals surface area contributed by atoms with Gasteiger partial charge in [-0.15, -0.1) is 0 Å². The van der Waals surface area contributed by atoms with Crippen LogP contribution in [-0.2, 0) is 0 Å². The number of hydrogen-bond donors (Lipinski definition) is 1. The van der Waals surface area contributed by atoms with Gasteiger partial charge in [-0.1, -0.05) is 29.8 Å². The highest BCUT2D eigenvalue weighted by Gasteiger charge is 2.23. The van der Waals surface area contributed by atoms with Gasteiger partial charge in [0.05, 0.1) is 5.69 Å². The quantitative estimate of drug-likeness (QED) is 0.590. The average molecular weight is 448 g/mol. The van der Waals surface area contributed by atoms with Gasteiger partial charge in [-0.25, -0.2) is 9.18 Å². The summed E-state index contributed by atoms with van der Waals surface area (Å²) in [6.45, 7) is 3.88. The van der Waals surface area contributed by atoms with Crippen LogP contribution < -0.4 is 10.1 Å². The van der Waals surface area contributed by atoms with Crippen molar-refractivity contribution in [2.75, 3.05) is 31.5 Å². The molecule has 3 aromatic carbocycles. The molecule has 0 aliphatic carbocycles. The molecule has 3 amide bonds. The molecular formula is C26H26FN3O3. The summed E-state index contributed by atoms with van der Waals surface area (Å²) in [7, 11) is 0. The van der Waals surface area contributed by atoms with Gasteiger partial charge in [-0.05, 0) is 61.9 Å². The minimum absolute atomic E-state index is 0.158. The van der Waals surface area contributed by atoms with E-state index in [4.69, 9.17) is 4.74 Å². The Morgan fingerprint density at radius 3 is 2.27 bits per heavy atom.